The lowest BCUT2D eigenvalue weighted by molar-refractivity contribution is 0.00841. The van der Waals surface area contributed by atoms with E-state index in [1.807, 2.05) is 13.0 Å². The third-order valence-electron chi connectivity index (χ3n) is 4.73. The Morgan fingerprint density at radius 3 is 2.62 bits per heavy atom. The molecule has 0 amide bonds. The topological polar surface area (TPSA) is 47.0 Å². The van der Waals surface area contributed by atoms with Crippen LogP contribution in [0.4, 0.5) is 10.2 Å². The van der Waals surface area contributed by atoms with Gasteiger partial charge in [0.15, 0.2) is 0 Å². The first-order valence-corrected chi connectivity index (χ1v) is 8.28. The summed E-state index contributed by atoms with van der Waals surface area (Å²) in [5, 5.41) is 3.34. The van der Waals surface area contributed by atoms with Crippen molar-refractivity contribution >= 4 is 11.9 Å². The molecule has 2 heterocycles. The zero-order valence-electron chi connectivity index (χ0n) is 13.8. The van der Waals surface area contributed by atoms with Gasteiger partial charge in [0.2, 0.25) is 0 Å². The van der Waals surface area contributed by atoms with Gasteiger partial charge in [-0.25, -0.2) is 4.98 Å². The molecule has 2 aliphatic rings. The Morgan fingerprint density at radius 2 is 1.96 bits per heavy atom. The number of ether oxygens (including phenoxy) is 1. The zero-order valence-corrected chi connectivity index (χ0v) is 13.8. The Labute approximate surface area is 140 Å². The summed E-state index contributed by atoms with van der Waals surface area (Å²) >= 11 is 0. The number of hydrogen-bond donors (Lipinski definition) is 1. The average Bonchev–Trinajstić information content (AvgIpc) is 2.86. The van der Waals surface area contributed by atoms with Crippen molar-refractivity contribution in [2.45, 2.75) is 32.2 Å². The lowest BCUT2D eigenvalue weighted by Gasteiger charge is -2.26. The summed E-state index contributed by atoms with van der Waals surface area (Å²) in [5.74, 6) is 1.09. The molecule has 0 bridgehead atoms. The number of aromatic nitrogens is 2. The quantitative estimate of drug-likeness (QED) is 0.867. The fourth-order valence-electron chi connectivity index (χ4n) is 3.22. The summed E-state index contributed by atoms with van der Waals surface area (Å²) in [6.45, 7) is 5.70. The first kappa shape index (κ1) is 15.3. The molecule has 1 saturated heterocycles. The maximum absolute atomic E-state index is 13.7. The van der Waals surface area contributed by atoms with E-state index in [4.69, 9.17) is 4.74 Å². The smallest absolute Gasteiger partial charge is 0.310 e. The van der Waals surface area contributed by atoms with Gasteiger partial charge in [-0.3, -0.25) is 0 Å². The van der Waals surface area contributed by atoms with Crippen molar-refractivity contribution in [1.82, 2.24) is 9.97 Å². The maximum atomic E-state index is 13.7. The van der Waals surface area contributed by atoms with Crippen LogP contribution in [0.5, 0.6) is 0 Å². The van der Waals surface area contributed by atoms with Crippen LogP contribution in [0.2, 0.25) is 0 Å². The van der Waals surface area contributed by atoms with Gasteiger partial charge in [-0.15, -0.1) is 0 Å². The van der Waals surface area contributed by atoms with Crippen LogP contribution in [-0.4, -0.2) is 23.2 Å². The highest BCUT2D eigenvalue weighted by Gasteiger charge is 2.22. The van der Waals surface area contributed by atoms with Crippen LogP contribution in [0.3, 0.4) is 0 Å². The third kappa shape index (κ3) is 2.80. The molecule has 5 heteroatoms. The van der Waals surface area contributed by atoms with Gasteiger partial charge in [-0.2, -0.15) is 9.37 Å². The van der Waals surface area contributed by atoms with Crippen LogP contribution in [0.1, 0.15) is 48.2 Å². The molecule has 124 valence electrons. The summed E-state index contributed by atoms with van der Waals surface area (Å²) in [7, 11) is 0. The van der Waals surface area contributed by atoms with Crippen LogP contribution in [0.15, 0.2) is 29.8 Å². The highest BCUT2D eigenvalue weighted by Crippen LogP contribution is 2.31. The van der Waals surface area contributed by atoms with Crippen molar-refractivity contribution in [2.24, 2.45) is 0 Å². The predicted molar refractivity (Wildman–Crippen MR) is 91.4 cm³/mol. The third-order valence-corrected chi connectivity index (χ3v) is 4.73. The van der Waals surface area contributed by atoms with Crippen molar-refractivity contribution in [1.29, 1.82) is 0 Å². The Bertz CT molecular complexity index is 797. The molecule has 1 aliphatic heterocycles. The molecule has 1 aromatic carbocycles. The van der Waals surface area contributed by atoms with E-state index < -0.39 is 6.08 Å². The number of benzene rings is 1. The van der Waals surface area contributed by atoms with E-state index in [0.717, 1.165) is 30.0 Å². The second-order valence-electron chi connectivity index (χ2n) is 6.64. The fraction of sp³-hybridized carbons (Fsp3) is 0.368. The van der Waals surface area contributed by atoms with Gasteiger partial charge in [0.1, 0.15) is 5.82 Å². The summed E-state index contributed by atoms with van der Waals surface area (Å²) in [5.41, 5.74) is 5.29. The van der Waals surface area contributed by atoms with E-state index >= 15 is 0 Å². The molecule has 0 spiro atoms. The van der Waals surface area contributed by atoms with Crippen molar-refractivity contribution in [3.8, 4) is 0 Å². The molecule has 1 unspecified atom stereocenters. The van der Waals surface area contributed by atoms with E-state index in [9.17, 15) is 4.39 Å². The van der Waals surface area contributed by atoms with Crippen molar-refractivity contribution in [3.05, 3.63) is 58.3 Å². The van der Waals surface area contributed by atoms with Gasteiger partial charge in [-0.1, -0.05) is 35.9 Å². The van der Waals surface area contributed by atoms with Gasteiger partial charge in [0.05, 0.1) is 18.9 Å². The average molecular weight is 325 g/mol. The van der Waals surface area contributed by atoms with Crippen molar-refractivity contribution in [3.63, 3.8) is 0 Å². The number of hydrogen-bond acceptors (Lipinski definition) is 4. The summed E-state index contributed by atoms with van der Waals surface area (Å²) in [6, 6.07) is 8.56. The molecule has 1 N–H and O–H groups in total. The van der Waals surface area contributed by atoms with E-state index in [0.29, 0.717) is 18.2 Å². The minimum absolute atomic E-state index is 0.0318. The number of nitrogens with zero attached hydrogens (tertiary/aromatic N) is 2. The van der Waals surface area contributed by atoms with Crippen LogP contribution in [-0.2, 0) is 11.2 Å². The van der Waals surface area contributed by atoms with Gasteiger partial charge in [-0.05, 0) is 25.0 Å². The molecule has 0 radical (unpaired) electrons. The number of anilines is 1. The molecule has 4 rings (SSSR count). The normalized spacial score (nSPS) is 17.9. The molecular weight excluding hydrogens is 305 g/mol. The number of halogens is 1. The van der Waals surface area contributed by atoms with Crippen LogP contribution in [0.25, 0.3) is 6.08 Å². The molecular formula is C19H20FN3O. The van der Waals surface area contributed by atoms with Gasteiger partial charge >= 0.3 is 6.08 Å². The highest BCUT2D eigenvalue weighted by atomic mass is 19.1. The number of allylic oxidation sites excluding steroid dienone is 1. The first-order chi connectivity index (χ1) is 11.6. The van der Waals surface area contributed by atoms with Crippen molar-refractivity contribution < 1.29 is 9.13 Å². The molecule has 1 aliphatic carbocycles. The van der Waals surface area contributed by atoms with Crippen LogP contribution < -0.4 is 5.32 Å². The number of nitrogens with one attached hydrogen (secondary N) is 1. The molecule has 1 atom stereocenters. The minimum Gasteiger partial charge on any atom is -0.380 e. The first-order valence-electron chi connectivity index (χ1n) is 8.28. The molecule has 24 heavy (non-hydrogen) atoms. The van der Waals surface area contributed by atoms with E-state index in [-0.39, 0.29) is 6.04 Å². The van der Waals surface area contributed by atoms with Crippen LogP contribution >= 0.6 is 0 Å². The van der Waals surface area contributed by atoms with E-state index in [1.54, 1.807) is 0 Å². The standard InChI is InChI=1S/C19H20FN3O/c1-11-7-16-17(8-11)22-19(20)23-18(16)21-12(2)13-3-5-14(6-4-13)15-9-24-10-15/h3-7,12,15H,8-10H2,1-2H3,(H,21,22,23). The lowest BCUT2D eigenvalue weighted by atomic mass is 9.95. The highest BCUT2D eigenvalue weighted by molar-refractivity contribution is 5.71. The molecule has 1 fully saturated rings. The Hall–Kier alpha value is -2.27. The molecule has 2 aromatic rings. The van der Waals surface area contributed by atoms with Gasteiger partial charge < -0.3 is 10.1 Å². The van der Waals surface area contributed by atoms with E-state index in [2.05, 4.69) is 46.5 Å². The Kier molecular flexibility index (Phi) is 3.81. The molecule has 1 aromatic heterocycles. The summed E-state index contributed by atoms with van der Waals surface area (Å²) in [6.07, 6.45) is 2.05. The lowest BCUT2D eigenvalue weighted by Crippen LogP contribution is -2.25. The molecule has 0 saturated carbocycles. The zero-order chi connectivity index (χ0) is 16.7. The fourth-order valence-corrected chi connectivity index (χ4v) is 3.22. The SMILES string of the molecule is CC1=Cc2c(nc(F)nc2NC(C)c2ccc(C3COC3)cc2)C1. The summed E-state index contributed by atoms with van der Waals surface area (Å²) < 4.78 is 18.9. The molecule has 4 nitrogen and oxygen atoms in total. The predicted octanol–water partition coefficient (Wildman–Crippen LogP) is 3.86. The minimum atomic E-state index is -0.674. The Balaban J connectivity index is 1.55. The van der Waals surface area contributed by atoms with Crippen LogP contribution in [0, 0.1) is 6.08 Å². The second kappa shape index (κ2) is 5.98. The Morgan fingerprint density at radius 1 is 1.21 bits per heavy atom. The maximum Gasteiger partial charge on any atom is 0.310 e. The largest absolute Gasteiger partial charge is 0.380 e. The summed E-state index contributed by atoms with van der Waals surface area (Å²) in [4.78, 5) is 7.87. The second-order valence-corrected chi connectivity index (χ2v) is 6.64. The number of rotatable bonds is 4. The van der Waals surface area contributed by atoms with Crippen molar-refractivity contribution in [2.75, 3.05) is 18.5 Å². The van der Waals surface area contributed by atoms with Gasteiger partial charge in [0, 0.05) is 23.9 Å². The van der Waals surface area contributed by atoms with Gasteiger partial charge in [0.25, 0.3) is 0 Å². The monoisotopic (exact) mass is 325 g/mol. The number of fused-ring (bicyclic) bond motifs is 1. The van der Waals surface area contributed by atoms with E-state index in [1.165, 1.54) is 11.1 Å².